The molecule has 8 heteroatoms. The van der Waals surface area contributed by atoms with Gasteiger partial charge in [-0.05, 0) is 54.4 Å². The summed E-state index contributed by atoms with van der Waals surface area (Å²) < 4.78 is 18.8. The van der Waals surface area contributed by atoms with Gasteiger partial charge < -0.3 is 15.0 Å². The van der Waals surface area contributed by atoms with Gasteiger partial charge in [0.05, 0.1) is 13.3 Å². The first kappa shape index (κ1) is 24.5. The summed E-state index contributed by atoms with van der Waals surface area (Å²) in [6, 6.07) is 19.1. The molecule has 0 fully saturated rings. The molecule has 0 aliphatic heterocycles. The molecule has 3 aromatic carbocycles. The van der Waals surface area contributed by atoms with Crippen LogP contribution in [0.3, 0.4) is 0 Å². The molecule has 0 bridgehead atoms. The Morgan fingerprint density at radius 1 is 1.03 bits per heavy atom. The number of carbonyl (C=O) groups excluding carboxylic acids is 2. The lowest BCUT2D eigenvalue weighted by Crippen LogP contribution is -2.41. The van der Waals surface area contributed by atoms with Gasteiger partial charge in [-0.2, -0.15) is 0 Å². The van der Waals surface area contributed by atoms with Crippen LogP contribution in [0.5, 0.6) is 5.75 Å². The summed E-state index contributed by atoms with van der Waals surface area (Å²) in [5.41, 5.74) is 2.95. The van der Waals surface area contributed by atoms with E-state index >= 15 is 0 Å². The second-order valence-electron chi connectivity index (χ2n) is 8.18. The van der Waals surface area contributed by atoms with Gasteiger partial charge >= 0.3 is 0 Å². The number of nitrogens with one attached hydrogen (secondary N) is 1. The summed E-state index contributed by atoms with van der Waals surface area (Å²) in [5.74, 6) is -0.824. The topological polar surface area (TPSA) is 84.4 Å². The van der Waals surface area contributed by atoms with Gasteiger partial charge in [-0.25, -0.2) is 9.37 Å². The number of aryl methyl sites for hydroxylation is 1. The van der Waals surface area contributed by atoms with Gasteiger partial charge in [0.15, 0.2) is 0 Å². The molecule has 1 atom stereocenters. The molecule has 1 heterocycles. The molecular weight excluding hydrogens is 459 g/mol. The third kappa shape index (κ3) is 5.90. The minimum Gasteiger partial charge on any atom is -0.497 e. The van der Waals surface area contributed by atoms with Gasteiger partial charge in [-0.15, -0.1) is 0 Å². The quantitative estimate of drug-likeness (QED) is 0.382. The minimum absolute atomic E-state index is 0.104. The molecule has 4 rings (SSSR count). The Balaban J connectivity index is 1.80. The highest BCUT2D eigenvalue weighted by Gasteiger charge is 2.33. The van der Waals surface area contributed by atoms with Gasteiger partial charge in [-0.3, -0.25) is 14.6 Å². The molecule has 0 saturated heterocycles. The van der Waals surface area contributed by atoms with Crippen molar-refractivity contribution in [1.82, 2.24) is 14.9 Å². The Bertz CT molecular complexity index is 1330. The average Bonchev–Trinajstić information content (AvgIpc) is 2.91. The lowest BCUT2D eigenvalue weighted by Gasteiger charge is -2.31. The molecule has 0 saturated carbocycles. The highest BCUT2D eigenvalue weighted by Crippen LogP contribution is 2.29. The lowest BCUT2D eigenvalue weighted by atomic mass is 10.0. The van der Waals surface area contributed by atoms with Crippen LogP contribution in [0.2, 0.25) is 0 Å². The number of anilines is 1. The summed E-state index contributed by atoms with van der Waals surface area (Å²) in [7, 11) is 1.53. The summed E-state index contributed by atoms with van der Waals surface area (Å²) in [4.78, 5) is 37.1. The number of methoxy groups -OCH3 is 1. The zero-order valence-electron chi connectivity index (χ0n) is 19.9. The largest absolute Gasteiger partial charge is 0.497 e. The molecule has 36 heavy (non-hydrogen) atoms. The monoisotopic (exact) mass is 484 g/mol. The van der Waals surface area contributed by atoms with Crippen LogP contribution < -0.4 is 10.1 Å². The van der Waals surface area contributed by atoms with E-state index in [0.717, 1.165) is 11.1 Å². The van der Waals surface area contributed by atoms with Gasteiger partial charge in [0.25, 0.3) is 11.8 Å². The fourth-order valence-electron chi connectivity index (χ4n) is 3.76. The smallest absolute Gasteiger partial charge is 0.275 e. The Morgan fingerprint density at radius 2 is 1.78 bits per heavy atom. The van der Waals surface area contributed by atoms with Crippen LogP contribution in [0.15, 0.2) is 91.4 Å². The van der Waals surface area contributed by atoms with E-state index in [2.05, 4.69) is 15.3 Å². The first-order valence-corrected chi connectivity index (χ1v) is 11.3. The fourth-order valence-corrected chi connectivity index (χ4v) is 3.76. The van der Waals surface area contributed by atoms with E-state index in [1.807, 2.05) is 31.2 Å². The molecule has 182 valence electrons. The maximum Gasteiger partial charge on any atom is 0.275 e. The van der Waals surface area contributed by atoms with Crippen LogP contribution in [0, 0.1) is 12.7 Å². The molecule has 0 spiro atoms. The van der Waals surface area contributed by atoms with E-state index in [-0.39, 0.29) is 12.2 Å². The number of hydrogen-bond donors (Lipinski definition) is 1. The highest BCUT2D eigenvalue weighted by molar-refractivity contribution is 6.00. The van der Waals surface area contributed by atoms with Crippen molar-refractivity contribution in [1.29, 1.82) is 0 Å². The summed E-state index contributed by atoms with van der Waals surface area (Å²) in [6.45, 7) is 2.11. The van der Waals surface area contributed by atoms with Crippen LogP contribution in [0.25, 0.3) is 0 Å². The van der Waals surface area contributed by atoms with Gasteiger partial charge in [0.2, 0.25) is 0 Å². The van der Waals surface area contributed by atoms with Gasteiger partial charge in [0, 0.05) is 24.6 Å². The molecule has 7 nitrogen and oxygen atoms in total. The SMILES string of the molecule is COc1cccc([C@H](C(=O)Nc2ccc(F)cc2)N(Cc2ccc(C)cc2)C(=O)c2cnccn2)c1. The summed E-state index contributed by atoms with van der Waals surface area (Å²) >= 11 is 0. The number of aromatic nitrogens is 2. The number of carbonyl (C=O) groups is 2. The predicted octanol–water partition coefficient (Wildman–Crippen LogP) is 4.96. The number of hydrogen-bond acceptors (Lipinski definition) is 5. The first-order valence-electron chi connectivity index (χ1n) is 11.3. The van der Waals surface area contributed by atoms with E-state index in [1.165, 1.54) is 54.9 Å². The third-order valence-corrected chi connectivity index (χ3v) is 5.60. The van der Waals surface area contributed by atoms with Gasteiger partial charge in [0.1, 0.15) is 23.3 Å². The van der Waals surface area contributed by atoms with Crippen molar-refractivity contribution in [2.24, 2.45) is 0 Å². The molecule has 0 radical (unpaired) electrons. The number of rotatable bonds is 8. The van der Waals surface area contributed by atoms with Crippen LogP contribution in [-0.2, 0) is 11.3 Å². The van der Waals surface area contributed by atoms with E-state index < -0.39 is 23.7 Å². The van der Waals surface area contributed by atoms with Gasteiger partial charge in [-0.1, -0.05) is 42.0 Å². The molecule has 0 aliphatic rings. The molecule has 4 aromatic rings. The number of nitrogens with zero attached hydrogens (tertiary/aromatic N) is 3. The lowest BCUT2D eigenvalue weighted by molar-refractivity contribution is -0.121. The van der Waals surface area contributed by atoms with E-state index in [4.69, 9.17) is 4.74 Å². The number of benzene rings is 3. The normalized spacial score (nSPS) is 11.4. The Hall–Kier alpha value is -4.59. The fraction of sp³-hybridized carbons (Fsp3) is 0.143. The second-order valence-corrected chi connectivity index (χ2v) is 8.18. The van der Waals surface area contributed by atoms with E-state index in [9.17, 15) is 14.0 Å². The predicted molar refractivity (Wildman–Crippen MR) is 134 cm³/mol. The van der Waals surface area contributed by atoms with Crippen molar-refractivity contribution in [2.45, 2.75) is 19.5 Å². The highest BCUT2D eigenvalue weighted by atomic mass is 19.1. The van der Waals surface area contributed by atoms with Crippen molar-refractivity contribution in [2.75, 3.05) is 12.4 Å². The van der Waals surface area contributed by atoms with Crippen LogP contribution in [0.4, 0.5) is 10.1 Å². The first-order chi connectivity index (χ1) is 17.4. The Kier molecular flexibility index (Phi) is 7.65. The van der Waals surface area contributed by atoms with Crippen molar-refractivity contribution in [3.63, 3.8) is 0 Å². The van der Waals surface area contributed by atoms with Crippen molar-refractivity contribution in [3.05, 3.63) is 120 Å². The van der Waals surface area contributed by atoms with E-state index in [0.29, 0.717) is 17.0 Å². The van der Waals surface area contributed by atoms with Crippen molar-refractivity contribution in [3.8, 4) is 5.75 Å². The van der Waals surface area contributed by atoms with Crippen molar-refractivity contribution < 1.29 is 18.7 Å². The Morgan fingerprint density at radius 3 is 2.44 bits per heavy atom. The zero-order chi connectivity index (χ0) is 25.5. The molecule has 1 N–H and O–H groups in total. The van der Waals surface area contributed by atoms with Crippen LogP contribution in [0.1, 0.15) is 33.2 Å². The average molecular weight is 485 g/mol. The maximum atomic E-state index is 13.7. The maximum absolute atomic E-state index is 13.7. The van der Waals surface area contributed by atoms with Crippen LogP contribution in [-0.4, -0.2) is 33.8 Å². The third-order valence-electron chi connectivity index (χ3n) is 5.60. The van der Waals surface area contributed by atoms with Crippen LogP contribution >= 0.6 is 0 Å². The van der Waals surface area contributed by atoms with E-state index in [1.54, 1.807) is 24.3 Å². The molecular formula is C28H25FN4O3. The molecule has 0 aliphatic carbocycles. The number of halogens is 1. The standard InChI is InChI=1S/C28H25FN4O3/c1-19-6-8-20(9-7-19)18-33(28(35)25-17-30-14-15-31-25)26(21-4-3-5-24(16-21)36-2)27(34)32-23-12-10-22(29)11-13-23/h3-17,26H,18H2,1-2H3,(H,32,34)/t26-/m1/s1. The molecule has 0 unspecified atom stereocenters. The second kappa shape index (κ2) is 11.2. The molecule has 1 aromatic heterocycles. The number of ether oxygens (including phenoxy) is 1. The summed E-state index contributed by atoms with van der Waals surface area (Å²) in [6.07, 6.45) is 4.27. The summed E-state index contributed by atoms with van der Waals surface area (Å²) in [5, 5.41) is 2.81. The minimum atomic E-state index is -1.05. The Labute approximate surface area is 208 Å². The van der Waals surface area contributed by atoms with Crippen molar-refractivity contribution >= 4 is 17.5 Å². The number of amides is 2. The zero-order valence-corrected chi connectivity index (χ0v) is 19.9. The molecule has 2 amide bonds.